The Hall–Kier alpha value is -3.26. The third kappa shape index (κ3) is 4.44. The van der Waals surface area contributed by atoms with Gasteiger partial charge in [-0.25, -0.2) is 15.0 Å². The van der Waals surface area contributed by atoms with Crippen LogP contribution in [-0.4, -0.2) is 45.8 Å². The first-order chi connectivity index (χ1) is 15.3. The smallest absolute Gasteiger partial charge is 0.250 e. The second-order valence-electron chi connectivity index (χ2n) is 7.99. The zero-order valence-corrected chi connectivity index (χ0v) is 17.4. The van der Waals surface area contributed by atoms with Crippen molar-refractivity contribution in [2.75, 3.05) is 36.5 Å². The molecule has 3 aromatic rings. The molecule has 0 spiro atoms. The van der Waals surface area contributed by atoms with Gasteiger partial charge in [-0.05, 0) is 37.1 Å². The molecule has 1 saturated carbocycles. The van der Waals surface area contributed by atoms with Gasteiger partial charge in [-0.15, -0.1) is 0 Å². The van der Waals surface area contributed by atoms with Gasteiger partial charge in [0.25, 0.3) is 5.56 Å². The summed E-state index contributed by atoms with van der Waals surface area (Å²) in [6.45, 7) is 3.24. The zero-order valence-electron chi connectivity index (χ0n) is 17.4. The standard InChI is InChI=1S/C23H26N6O2/c30-22-8-5-17(16-29(22)18-3-1-2-4-18)20-9-10-24-23(26-20)27-21-7-6-19(15-25-21)28-11-13-31-14-12-28/h5-10,15-16,18H,1-4,11-14H2,(H,24,25,26,27). The fourth-order valence-corrected chi connectivity index (χ4v) is 4.29. The maximum Gasteiger partial charge on any atom is 0.250 e. The van der Waals surface area contributed by atoms with Crippen LogP contribution >= 0.6 is 0 Å². The summed E-state index contributed by atoms with van der Waals surface area (Å²) < 4.78 is 7.27. The fourth-order valence-electron chi connectivity index (χ4n) is 4.29. The second kappa shape index (κ2) is 8.85. The van der Waals surface area contributed by atoms with Gasteiger partial charge in [0, 0.05) is 43.2 Å². The van der Waals surface area contributed by atoms with Crippen LogP contribution < -0.4 is 15.8 Å². The van der Waals surface area contributed by atoms with Crippen LogP contribution in [-0.2, 0) is 4.74 Å². The third-order valence-corrected chi connectivity index (χ3v) is 5.97. The molecule has 0 bridgehead atoms. The zero-order chi connectivity index (χ0) is 21.0. The number of rotatable bonds is 5. The lowest BCUT2D eigenvalue weighted by Crippen LogP contribution is -2.36. The predicted molar refractivity (Wildman–Crippen MR) is 120 cm³/mol. The van der Waals surface area contributed by atoms with E-state index in [1.54, 1.807) is 12.3 Å². The quantitative estimate of drug-likeness (QED) is 0.680. The lowest BCUT2D eigenvalue weighted by atomic mass is 10.1. The van der Waals surface area contributed by atoms with Crippen molar-refractivity contribution in [3.63, 3.8) is 0 Å². The van der Waals surface area contributed by atoms with Gasteiger partial charge in [0.2, 0.25) is 5.95 Å². The number of anilines is 3. The number of morpholine rings is 1. The van der Waals surface area contributed by atoms with Crippen molar-refractivity contribution in [2.45, 2.75) is 31.7 Å². The number of ether oxygens (including phenoxy) is 1. The van der Waals surface area contributed by atoms with E-state index < -0.39 is 0 Å². The summed E-state index contributed by atoms with van der Waals surface area (Å²) in [7, 11) is 0. The molecule has 0 unspecified atom stereocenters. The van der Waals surface area contributed by atoms with E-state index in [1.807, 2.05) is 41.2 Å². The summed E-state index contributed by atoms with van der Waals surface area (Å²) in [4.78, 5) is 28.1. The Morgan fingerprint density at radius 2 is 1.84 bits per heavy atom. The van der Waals surface area contributed by atoms with E-state index in [2.05, 4.69) is 25.2 Å². The van der Waals surface area contributed by atoms with Crippen molar-refractivity contribution in [3.8, 4) is 11.3 Å². The largest absolute Gasteiger partial charge is 0.378 e. The Morgan fingerprint density at radius 1 is 1.00 bits per heavy atom. The Balaban J connectivity index is 1.33. The van der Waals surface area contributed by atoms with Crippen molar-refractivity contribution in [2.24, 2.45) is 0 Å². The minimum Gasteiger partial charge on any atom is -0.378 e. The number of hydrogen-bond donors (Lipinski definition) is 1. The normalized spacial score (nSPS) is 17.1. The maximum atomic E-state index is 12.3. The van der Waals surface area contributed by atoms with Gasteiger partial charge in [0.1, 0.15) is 5.82 Å². The van der Waals surface area contributed by atoms with Crippen LogP contribution in [0.15, 0.2) is 53.7 Å². The molecule has 4 heterocycles. The molecule has 5 rings (SSSR count). The SMILES string of the molecule is O=c1ccc(-c2ccnc(Nc3ccc(N4CCOCC4)cn3)n2)cn1C1CCCC1. The molecule has 8 nitrogen and oxygen atoms in total. The monoisotopic (exact) mass is 418 g/mol. The second-order valence-corrected chi connectivity index (χ2v) is 7.99. The van der Waals surface area contributed by atoms with Gasteiger partial charge in [0.05, 0.1) is 30.8 Å². The van der Waals surface area contributed by atoms with Gasteiger partial charge in [0.15, 0.2) is 0 Å². The average Bonchev–Trinajstić information content (AvgIpc) is 3.35. The highest BCUT2D eigenvalue weighted by molar-refractivity contribution is 5.61. The van der Waals surface area contributed by atoms with Gasteiger partial charge >= 0.3 is 0 Å². The highest BCUT2D eigenvalue weighted by Crippen LogP contribution is 2.29. The molecule has 0 radical (unpaired) electrons. The molecule has 1 aliphatic carbocycles. The lowest BCUT2D eigenvalue weighted by molar-refractivity contribution is 0.122. The summed E-state index contributed by atoms with van der Waals surface area (Å²) in [5, 5.41) is 3.18. The van der Waals surface area contributed by atoms with Crippen molar-refractivity contribution >= 4 is 17.5 Å². The van der Waals surface area contributed by atoms with E-state index in [-0.39, 0.29) is 5.56 Å². The number of nitrogens with one attached hydrogen (secondary N) is 1. The molecule has 2 fully saturated rings. The maximum absolute atomic E-state index is 12.3. The van der Waals surface area contributed by atoms with E-state index in [1.165, 1.54) is 12.8 Å². The van der Waals surface area contributed by atoms with Gasteiger partial charge in [-0.2, -0.15) is 0 Å². The van der Waals surface area contributed by atoms with E-state index in [4.69, 9.17) is 4.74 Å². The van der Waals surface area contributed by atoms with Crippen molar-refractivity contribution in [1.82, 2.24) is 19.5 Å². The summed E-state index contributed by atoms with van der Waals surface area (Å²) in [6.07, 6.45) is 9.99. The van der Waals surface area contributed by atoms with Crippen molar-refractivity contribution in [3.05, 3.63) is 59.3 Å². The Labute approximate surface area is 180 Å². The molecule has 8 heteroatoms. The minimum absolute atomic E-state index is 0.0487. The number of hydrogen-bond acceptors (Lipinski definition) is 7. The lowest BCUT2D eigenvalue weighted by Gasteiger charge is -2.28. The van der Waals surface area contributed by atoms with E-state index in [0.29, 0.717) is 17.8 Å². The van der Waals surface area contributed by atoms with Crippen molar-refractivity contribution in [1.29, 1.82) is 0 Å². The molecule has 0 amide bonds. The van der Waals surface area contributed by atoms with E-state index >= 15 is 0 Å². The molecule has 3 aromatic heterocycles. The van der Waals surface area contributed by atoms with Crippen LogP contribution in [0.4, 0.5) is 17.5 Å². The molecule has 1 saturated heterocycles. The van der Waals surface area contributed by atoms with Crippen LogP contribution in [0.3, 0.4) is 0 Å². The van der Waals surface area contributed by atoms with Crippen LogP contribution in [0.2, 0.25) is 0 Å². The first-order valence-electron chi connectivity index (χ1n) is 10.9. The van der Waals surface area contributed by atoms with Gasteiger partial charge in [-0.1, -0.05) is 12.8 Å². The average molecular weight is 419 g/mol. The highest BCUT2D eigenvalue weighted by Gasteiger charge is 2.18. The predicted octanol–water partition coefficient (Wildman–Crippen LogP) is 3.40. The summed E-state index contributed by atoms with van der Waals surface area (Å²) in [5.41, 5.74) is 2.81. The number of aromatic nitrogens is 4. The Bertz CT molecular complexity index is 1090. The molecule has 1 N–H and O–H groups in total. The van der Waals surface area contributed by atoms with Crippen LogP contribution in [0, 0.1) is 0 Å². The highest BCUT2D eigenvalue weighted by atomic mass is 16.5. The fraction of sp³-hybridized carbons (Fsp3) is 0.391. The summed E-state index contributed by atoms with van der Waals surface area (Å²) >= 11 is 0. The topological polar surface area (TPSA) is 85.2 Å². The first-order valence-corrected chi connectivity index (χ1v) is 10.9. The van der Waals surface area contributed by atoms with Crippen molar-refractivity contribution < 1.29 is 4.74 Å². The molecule has 0 aromatic carbocycles. The number of pyridine rings is 2. The molecule has 31 heavy (non-hydrogen) atoms. The number of nitrogens with zero attached hydrogens (tertiary/aromatic N) is 5. The summed E-state index contributed by atoms with van der Waals surface area (Å²) in [6, 6.07) is 9.59. The molecular weight excluding hydrogens is 392 g/mol. The third-order valence-electron chi connectivity index (χ3n) is 5.97. The molecule has 1 aliphatic heterocycles. The first kappa shape index (κ1) is 19.7. The molecule has 160 valence electrons. The molecule has 2 aliphatic rings. The van der Waals surface area contributed by atoms with Crippen LogP contribution in [0.25, 0.3) is 11.3 Å². The molecule has 0 atom stereocenters. The van der Waals surface area contributed by atoms with Gasteiger partial charge < -0.3 is 19.5 Å². The Kier molecular flexibility index (Phi) is 5.62. The molecular formula is C23H26N6O2. The van der Waals surface area contributed by atoms with Gasteiger partial charge in [-0.3, -0.25) is 4.79 Å². The van der Waals surface area contributed by atoms with E-state index in [9.17, 15) is 4.79 Å². The van der Waals surface area contributed by atoms with Crippen LogP contribution in [0.5, 0.6) is 0 Å². The van der Waals surface area contributed by atoms with Crippen LogP contribution in [0.1, 0.15) is 31.7 Å². The Morgan fingerprint density at radius 3 is 2.61 bits per heavy atom. The summed E-state index contributed by atoms with van der Waals surface area (Å²) in [5.74, 6) is 1.16. The minimum atomic E-state index is 0.0487. The van der Waals surface area contributed by atoms with E-state index in [0.717, 1.165) is 56.1 Å².